The van der Waals surface area contributed by atoms with Gasteiger partial charge in [-0.3, -0.25) is 9.78 Å². The second kappa shape index (κ2) is 6.04. The Balaban J connectivity index is 2.14. The van der Waals surface area contributed by atoms with Crippen LogP contribution in [0, 0.1) is 0 Å². The van der Waals surface area contributed by atoms with Gasteiger partial charge in [-0.05, 0) is 12.5 Å². The molecule has 0 unspecified atom stereocenters. The summed E-state index contributed by atoms with van der Waals surface area (Å²) in [5, 5.41) is 3.10. The largest absolute Gasteiger partial charge is 0.496 e. The number of rotatable bonds is 5. The summed E-state index contributed by atoms with van der Waals surface area (Å²) in [7, 11) is 1.64. The summed E-state index contributed by atoms with van der Waals surface area (Å²) in [6, 6.07) is 9.23. The van der Waals surface area contributed by atoms with Gasteiger partial charge in [-0.15, -0.1) is 0 Å². The van der Waals surface area contributed by atoms with E-state index < -0.39 is 0 Å². The maximum absolute atomic E-state index is 11.4. The summed E-state index contributed by atoms with van der Waals surface area (Å²) in [6.45, 7) is 2.51. The number of para-hydroxylation sites is 1. The Labute approximate surface area is 111 Å². The molecule has 0 aliphatic heterocycles. The number of benzene rings is 1. The average molecular weight is 259 g/mol. The van der Waals surface area contributed by atoms with Crippen LogP contribution < -0.4 is 15.6 Å². The van der Waals surface area contributed by atoms with Gasteiger partial charge in [-0.1, -0.05) is 25.1 Å². The van der Waals surface area contributed by atoms with Crippen molar-refractivity contribution in [2.45, 2.75) is 19.9 Å². The zero-order chi connectivity index (χ0) is 13.7. The Kier molecular flexibility index (Phi) is 4.18. The normalized spacial score (nSPS) is 10.2. The van der Waals surface area contributed by atoms with Gasteiger partial charge in [-0.25, -0.2) is 4.98 Å². The van der Waals surface area contributed by atoms with Crippen LogP contribution in [-0.4, -0.2) is 17.1 Å². The number of nitrogens with one attached hydrogen (secondary N) is 2. The van der Waals surface area contributed by atoms with Crippen molar-refractivity contribution in [3.05, 3.63) is 51.9 Å². The molecule has 0 spiro atoms. The second-order valence-electron chi connectivity index (χ2n) is 4.10. The fraction of sp³-hybridized carbons (Fsp3) is 0.286. The highest BCUT2D eigenvalue weighted by Gasteiger charge is 2.03. The van der Waals surface area contributed by atoms with Crippen molar-refractivity contribution in [1.29, 1.82) is 0 Å². The third-order valence-corrected chi connectivity index (χ3v) is 2.80. The fourth-order valence-corrected chi connectivity index (χ4v) is 1.80. The Hall–Kier alpha value is -2.30. The number of aromatic amines is 1. The maximum atomic E-state index is 11.4. The van der Waals surface area contributed by atoms with Gasteiger partial charge in [0.05, 0.1) is 7.11 Å². The molecule has 100 valence electrons. The highest BCUT2D eigenvalue weighted by atomic mass is 16.5. The molecule has 5 nitrogen and oxygen atoms in total. The van der Waals surface area contributed by atoms with Crippen molar-refractivity contribution in [3.8, 4) is 5.75 Å². The molecule has 0 radical (unpaired) electrons. The molecule has 0 aliphatic carbocycles. The summed E-state index contributed by atoms with van der Waals surface area (Å²) < 4.78 is 5.27. The van der Waals surface area contributed by atoms with Crippen LogP contribution >= 0.6 is 0 Å². The first-order valence-corrected chi connectivity index (χ1v) is 6.19. The second-order valence-corrected chi connectivity index (χ2v) is 4.10. The molecule has 2 N–H and O–H groups in total. The van der Waals surface area contributed by atoms with Gasteiger partial charge in [0.25, 0.3) is 5.56 Å². The lowest BCUT2D eigenvalue weighted by Gasteiger charge is -2.10. The van der Waals surface area contributed by atoms with Gasteiger partial charge in [0, 0.05) is 23.9 Å². The van der Waals surface area contributed by atoms with Crippen LogP contribution in [0.4, 0.5) is 5.95 Å². The number of hydrogen-bond donors (Lipinski definition) is 2. The standard InChI is InChI=1S/C14H17N3O2/c1-3-11-8-13(18)17-14(16-11)15-9-10-6-4-5-7-12(10)19-2/h4-8H,3,9H2,1-2H3,(H2,15,16,17,18). The Morgan fingerprint density at radius 3 is 2.89 bits per heavy atom. The minimum atomic E-state index is -0.144. The predicted octanol–water partition coefficient (Wildman–Crippen LogP) is 1.95. The van der Waals surface area contributed by atoms with Crippen LogP contribution in [0.15, 0.2) is 35.1 Å². The number of nitrogens with zero attached hydrogens (tertiary/aromatic N) is 1. The molecular formula is C14H17N3O2. The zero-order valence-electron chi connectivity index (χ0n) is 11.1. The lowest BCUT2D eigenvalue weighted by Crippen LogP contribution is -2.14. The van der Waals surface area contributed by atoms with Crippen LogP contribution in [0.25, 0.3) is 0 Å². The molecule has 19 heavy (non-hydrogen) atoms. The predicted molar refractivity (Wildman–Crippen MR) is 74.6 cm³/mol. The molecule has 0 saturated carbocycles. The van der Waals surface area contributed by atoms with Gasteiger partial charge in [0.1, 0.15) is 5.75 Å². The van der Waals surface area contributed by atoms with E-state index >= 15 is 0 Å². The molecule has 1 aromatic carbocycles. The number of hydrogen-bond acceptors (Lipinski definition) is 4. The van der Waals surface area contributed by atoms with Gasteiger partial charge in [0.15, 0.2) is 0 Å². The highest BCUT2D eigenvalue weighted by molar-refractivity contribution is 5.36. The smallest absolute Gasteiger partial charge is 0.252 e. The van der Waals surface area contributed by atoms with E-state index in [1.54, 1.807) is 7.11 Å². The average Bonchev–Trinajstić information content (AvgIpc) is 2.44. The molecular weight excluding hydrogens is 242 g/mol. The molecule has 0 atom stereocenters. The molecule has 0 fully saturated rings. The van der Waals surface area contributed by atoms with E-state index in [4.69, 9.17) is 4.74 Å². The Morgan fingerprint density at radius 1 is 1.37 bits per heavy atom. The summed E-state index contributed by atoms with van der Waals surface area (Å²) in [5.74, 6) is 1.29. The number of aromatic nitrogens is 2. The summed E-state index contributed by atoms with van der Waals surface area (Å²) >= 11 is 0. The molecule has 1 heterocycles. The van der Waals surface area contributed by atoms with Crippen molar-refractivity contribution in [1.82, 2.24) is 9.97 Å². The first kappa shape index (κ1) is 13.1. The minimum Gasteiger partial charge on any atom is -0.496 e. The van der Waals surface area contributed by atoms with Crippen molar-refractivity contribution < 1.29 is 4.74 Å². The molecule has 2 aromatic rings. The van der Waals surface area contributed by atoms with Gasteiger partial charge >= 0.3 is 0 Å². The third kappa shape index (κ3) is 3.34. The van der Waals surface area contributed by atoms with Crippen LogP contribution in [0.2, 0.25) is 0 Å². The number of aryl methyl sites for hydroxylation is 1. The van der Waals surface area contributed by atoms with Crippen molar-refractivity contribution in [2.75, 3.05) is 12.4 Å². The first-order valence-electron chi connectivity index (χ1n) is 6.19. The third-order valence-electron chi connectivity index (χ3n) is 2.80. The van der Waals surface area contributed by atoms with E-state index in [0.29, 0.717) is 12.5 Å². The van der Waals surface area contributed by atoms with Gasteiger partial charge in [-0.2, -0.15) is 0 Å². The van der Waals surface area contributed by atoms with E-state index in [-0.39, 0.29) is 5.56 Å². The van der Waals surface area contributed by atoms with Gasteiger partial charge < -0.3 is 10.1 Å². The van der Waals surface area contributed by atoms with Gasteiger partial charge in [0.2, 0.25) is 5.95 Å². The first-order chi connectivity index (χ1) is 9.22. The quantitative estimate of drug-likeness (QED) is 0.861. The number of H-pyrrole nitrogens is 1. The summed E-state index contributed by atoms with van der Waals surface area (Å²) in [6.07, 6.45) is 0.729. The lowest BCUT2D eigenvalue weighted by atomic mass is 10.2. The van der Waals surface area contributed by atoms with Crippen molar-refractivity contribution >= 4 is 5.95 Å². The summed E-state index contributed by atoms with van der Waals surface area (Å²) in [5.41, 5.74) is 1.63. The van der Waals surface area contributed by atoms with Crippen LogP contribution in [0.5, 0.6) is 5.75 Å². The molecule has 5 heteroatoms. The van der Waals surface area contributed by atoms with E-state index in [0.717, 1.165) is 23.4 Å². The zero-order valence-corrected chi connectivity index (χ0v) is 11.1. The molecule has 0 bridgehead atoms. The topological polar surface area (TPSA) is 67.0 Å². The number of methoxy groups -OCH3 is 1. The van der Waals surface area contributed by atoms with Crippen LogP contribution in [-0.2, 0) is 13.0 Å². The Bertz CT molecular complexity index is 608. The lowest BCUT2D eigenvalue weighted by molar-refractivity contribution is 0.410. The van der Waals surface area contributed by atoms with Crippen molar-refractivity contribution in [3.63, 3.8) is 0 Å². The van der Waals surface area contributed by atoms with E-state index in [2.05, 4.69) is 15.3 Å². The minimum absolute atomic E-state index is 0.144. The maximum Gasteiger partial charge on any atom is 0.252 e. The SMILES string of the molecule is CCc1cc(=O)[nH]c(NCc2ccccc2OC)n1. The highest BCUT2D eigenvalue weighted by Crippen LogP contribution is 2.17. The Morgan fingerprint density at radius 2 is 2.16 bits per heavy atom. The molecule has 0 amide bonds. The molecule has 1 aromatic heterocycles. The molecule has 0 saturated heterocycles. The number of anilines is 1. The van der Waals surface area contributed by atoms with Crippen molar-refractivity contribution in [2.24, 2.45) is 0 Å². The van der Waals surface area contributed by atoms with E-state index in [1.807, 2.05) is 31.2 Å². The molecule has 2 rings (SSSR count). The molecule has 0 aliphatic rings. The monoisotopic (exact) mass is 259 g/mol. The number of ether oxygens (including phenoxy) is 1. The van der Waals surface area contributed by atoms with Crippen LogP contribution in [0.1, 0.15) is 18.2 Å². The fourth-order valence-electron chi connectivity index (χ4n) is 1.80. The van der Waals surface area contributed by atoms with E-state index in [9.17, 15) is 4.79 Å². The van der Waals surface area contributed by atoms with Crippen LogP contribution in [0.3, 0.4) is 0 Å². The summed E-state index contributed by atoms with van der Waals surface area (Å²) in [4.78, 5) is 18.4. The van der Waals surface area contributed by atoms with E-state index in [1.165, 1.54) is 6.07 Å².